The summed E-state index contributed by atoms with van der Waals surface area (Å²) in [6, 6.07) is 19.6. The highest BCUT2D eigenvalue weighted by molar-refractivity contribution is 6.10. The van der Waals surface area contributed by atoms with Gasteiger partial charge in [-0.05, 0) is 59.2 Å². The third-order valence-electron chi connectivity index (χ3n) is 7.06. The highest BCUT2D eigenvalue weighted by Crippen LogP contribution is 2.46. The maximum atomic E-state index is 13.6. The molecule has 8 heteroatoms. The molecule has 3 aromatic rings. The molecule has 0 N–H and O–H groups in total. The van der Waals surface area contributed by atoms with Gasteiger partial charge in [0, 0.05) is 11.3 Å². The zero-order chi connectivity index (χ0) is 27.2. The molecule has 0 bridgehead atoms. The molecule has 1 aliphatic carbocycles. The lowest BCUT2D eigenvalue weighted by atomic mass is 9.64. The number of rotatable bonds is 9. The van der Waals surface area contributed by atoms with E-state index < -0.39 is 29.6 Å². The molecule has 0 spiro atoms. The number of ether oxygens (including phenoxy) is 3. The van der Waals surface area contributed by atoms with Crippen LogP contribution in [-0.2, 0) is 9.59 Å². The van der Waals surface area contributed by atoms with Crippen molar-refractivity contribution < 1.29 is 28.7 Å². The van der Waals surface area contributed by atoms with Crippen molar-refractivity contribution in [2.24, 2.45) is 5.92 Å². The Bertz CT molecular complexity index is 1310. The Morgan fingerprint density at radius 2 is 1.29 bits per heavy atom. The van der Waals surface area contributed by atoms with Gasteiger partial charge in [-0.25, -0.2) is 0 Å². The molecule has 38 heavy (non-hydrogen) atoms. The molecule has 0 radical (unpaired) electrons. The minimum absolute atomic E-state index is 0.114. The summed E-state index contributed by atoms with van der Waals surface area (Å²) in [6.07, 6.45) is 2.83. The second kappa shape index (κ2) is 11.7. The summed E-state index contributed by atoms with van der Waals surface area (Å²) in [4.78, 5) is 39.3. The van der Waals surface area contributed by atoms with Gasteiger partial charge in [0.2, 0.25) is 6.04 Å². The molecule has 0 aliphatic heterocycles. The minimum atomic E-state index is -1.20. The number of benzene rings is 3. The standard InChI is InChI=1S/C30H29NO7/c1-36-22-11-4-19(5-12-22)6-17-26(32)29-27(33)18-25(20-7-13-23(37-2)14-8-20)30(31(34)35)28(29)21-9-15-24(38-3)16-10-21/h4-17,25,28-30H,18H2,1-3H3/b17-6+/t25-,28+,29?,30+/m1/s1. The Labute approximate surface area is 221 Å². The third-order valence-corrected chi connectivity index (χ3v) is 7.06. The van der Waals surface area contributed by atoms with Gasteiger partial charge >= 0.3 is 0 Å². The minimum Gasteiger partial charge on any atom is -0.497 e. The van der Waals surface area contributed by atoms with Crippen molar-refractivity contribution in [3.63, 3.8) is 0 Å². The van der Waals surface area contributed by atoms with E-state index in [0.29, 0.717) is 28.4 Å². The topological polar surface area (TPSA) is 105 Å². The van der Waals surface area contributed by atoms with E-state index in [0.717, 1.165) is 5.56 Å². The van der Waals surface area contributed by atoms with Crippen LogP contribution < -0.4 is 14.2 Å². The zero-order valence-corrected chi connectivity index (χ0v) is 21.4. The van der Waals surface area contributed by atoms with Crippen LogP contribution in [0.1, 0.15) is 34.9 Å². The maximum absolute atomic E-state index is 13.6. The Kier molecular flexibility index (Phi) is 8.21. The molecule has 0 aromatic heterocycles. The van der Waals surface area contributed by atoms with E-state index in [-0.39, 0.29) is 17.1 Å². The molecule has 0 amide bonds. The second-order valence-corrected chi connectivity index (χ2v) is 9.11. The van der Waals surface area contributed by atoms with E-state index in [9.17, 15) is 19.7 Å². The Morgan fingerprint density at radius 1 is 0.816 bits per heavy atom. The number of nitro groups is 1. The van der Waals surface area contributed by atoms with Crippen LogP contribution in [0.25, 0.3) is 6.08 Å². The predicted octanol–water partition coefficient (Wildman–Crippen LogP) is 5.10. The van der Waals surface area contributed by atoms with Gasteiger partial charge in [-0.2, -0.15) is 0 Å². The molecule has 1 unspecified atom stereocenters. The predicted molar refractivity (Wildman–Crippen MR) is 142 cm³/mol. The number of carbonyl (C=O) groups is 2. The maximum Gasteiger partial charge on any atom is 0.228 e. The van der Waals surface area contributed by atoms with Crippen LogP contribution in [0, 0.1) is 16.0 Å². The quantitative estimate of drug-likeness (QED) is 0.169. The largest absolute Gasteiger partial charge is 0.497 e. The van der Waals surface area contributed by atoms with Gasteiger partial charge < -0.3 is 14.2 Å². The fourth-order valence-corrected chi connectivity index (χ4v) is 5.10. The van der Waals surface area contributed by atoms with E-state index >= 15 is 0 Å². The molecule has 8 nitrogen and oxygen atoms in total. The number of Topliss-reactive ketones (excluding diaryl/α,β-unsaturated/α-hetero) is 1. The summed E-state index contributed by atoms with van der Waals surface area (Å²) in [5.74, 6) is -1.79. The number of carbonyl (C=O) groups excluding carboxylic acids is 2. The number of hydrogen-bond donors (Lipinski definition) is 0. The first-order valence-electron chi connectivity index (χ1n) is 12.2. The van der Waals surface area contributed by atoms with E-state index in [1.165, 1.54) is 20.3 Å². The first-order valence-corrected chi connectivity index (χ1v) is 12.2. The highest BCUT2D eigenvalue weighted by Gasteiger charge is 2.53. The molecule has 4 rings (SSSR count). The Hall–Kier alpha value is -4.46. The molecule has 0 heterocycles. The van der Waals surface area contributed by atoms with Gasteiger partial charge in [0.05, 0.1) is 39.1 Å². The number of hydrogen-bond acceptors (Lipinski definition) is 7. The number of ketones is 2. The van der Waals surface area contributed by atoms with Crippen molar-refractivity contribution in [1.82, 2.24) is 0 Å². The normalized spacial score (nSPS) is 21.2. The molecule has 3 aromatic carbocycles. The molecule has 0 saturated heterocycles. The molecular weight excluding hydrogens is 486 g/mol. The summed E-state index contributed by atoms with van der Waals surface area (Å²) in [5, 5.41) is 12.6. The summed E-state index contributed by atoms with van der Waals surface area (Å²) in [7, 11) is 4.62. The molecule has 4 atom stereocenters. The van der Waals surface area contributed by atoms with Crippen molar-refractivity contribution in [3.8, 4) is 17.2 Å². The number of methoxy groups -OCH3 is 3. The van der Waals surface area contributed by atoms with E-state index in [1.54, 1.807) is 86.0 Å². The summed E-state index contributed by atoms with van der Waals surface area (Å²) in [5.41, 5.74) is 1.93. The van der Waals surface area contributed by atoms with Gasteiger partial charge in [-0.15, -0.1) is 0 Å². The number of nitrogens with zero attached hydrogens (tertiary/aromatic N) is 1. The van der Waals surface area contributed by atoms with E-state index in [1.807, 2.05) is 0 Å². The first-order chi connectivity index (χ1) is 18.4. The van der Waals surface area contributed by atoms with Crippen LogP contribution in [0.2, 0.25) is 0 Å². The van der Waals surface area contributed by atoms with Crippen molar-refractivity contribution in [2.45, 2.75) is 24.3 Å². The molecule has 1 aliphatic rings. The monoisotopic (exact) mass is 515 g/mol. The lowest BCUT2D eigenvalue weighted by molar-refractivity contribution is -0.533. The summed E-state index contributed by atoms with van der Waals surface area (Å²) < 4.78 is 15.6. The molecular formula is C30H29NO7. The van der Waals surface area contributed by atoms with Crippen molar-refractivity contribution in [1.29, 1.82) is 0 Å². The van der Waals surface area contributed by atoms with Crippen molar-refractivity contribution in [3.05, 3.63) is 106 Å². The van der Waals surface area contributed by atoms with E-state index in [4.69, 9.17) is 14.2 Å². The number of allylic oxidation sites excluding steroid dienone is 1. The lowest BCUT2D eigenvalue weighted by Gasteiger charge is -2.36. The third kappa shape index (κ3) is 5.59. The van der Waals surface area contributed by atoms with Gasteiger partial charge in [0.1, 0.15) is 23.0 Å². The summed E-state index contributed by atoms with van der Waals surface area (Å²) >= 11 is 0. The smallest absolute Gasteiger partial charge is 0.228 e. The Balaban J connectivity index is 1.75. The van der Waals surface area contributed by atoms with Crippen LogP contribution in [0.15, 0.2) is 78.9 Å². The fraction of sp³-hybridized carbons (Fsp3) is 0.267. The second-order valence-electron chi connectivity index (χ2n) is 9.11. The van der Waals surface area contributed by atoms with Crippen LogP contribution in [0.3, 0.4) is 0 Å². The molecule has 1 saturated carbocycles. The summed E-state index contributed by atoms with van der Waals surface area (Å²) in [6.45, 7) is 0. The Morgan fingerprint density at radius 3 is 1.76 bits per heavy atom. The average molecular weight is 516 g/mol. The molecule has 1 fully saturated rings. The van der Waals surface area contributed by atoms with Gasteiger partial charge in [-0.3, -0.25) is 19.7 Å². The van der Waals surface area contributed by atoms with Gasteiger partial charge in [0.15, 0.2) is 5.78 Å². The van der Waals surface area contributed by atoms with Crippen molar-refractivity contribution >= 4 is 17.6 Å². The zero-order valence-electron chi connectivity index (χ0n) is 21.4. The SMILES string of the molecule is COc1ccc(/C=C/C(=O)C2C(=O)C[C@H](c3ccc(OC)cc3)[C@H]([N+](=O)[O-])[C@H]2c2ccc(OC)cc2)cc1. The van der Waals surface area contributed by atoms with Crippen LogP contribution in [0.4, 0.5) is 0 Å². The van der Waals surface area contributed by atoms with Crippen LogP contribution in [0.5, 0.6) is 17.2 Å². The fourth-order valence-electron chi connectivity index (χ4n) is 5.10. The molecule has 196 valence electrons. The van der Waals surface area contributed by atoms with Crippen molar-refractivity contribution in [2.75, 3.05) is 21.3 Å². The van der Waals surface area contributed by atoms with Gasteiger partial charge in [-0.1, -0.05) is 42.5 Å². The van der Waals surface area contributed by atoms with E-state index in [2.05, 4.69) is 0 Å². The average Bonchev–Trinajstić information content (AvgIpc) is 2.95. The first kappa shape index (κ1) is 26.6. The van der Waals surface area contributed by atoms with Crippen LogP contribution in [-0.4, -0.2) is 43.9 Å². The highest BCUT2D eigenvalue weighted by atomic mass is 16.6. The lowest BCUT2D eigenvalue weighted by Crippen LogP contribution is -2.48. The van der Waals surface area contributed by atoms with Crippen LogP contribution >= 0.6 is 0 Å². The van der Waals surface area contributed by atoms with Gasteiger partial charge in [0.25, 0.3) is 0 Å².